The Morgan fingerprint density at radius 2 is 1.83 bits per heavy atom. The quantitative estimate of drug-likeness (QED) is 0.701. The molecule has 0 fully saturated rings. The highest BCUT2D eigenvalue weighted by Crippen LogP contribution is 2.21. The molecule has 0 saturated heterocycles. The number of H-pyrrole nitrogens is 1. The molecule has 0 aliphatic carbocycles. The summed E-state index contributed by atoms with van der Waals surface area (Å²) >= 11 is 0. The van der Waals surface area contributed by atoms with E-state index in [1.807, 2.05) is 48.5 Å². The standard InChI is InChI=1S/C19H21N3O/c1-2-3-5-12-16-18(15-10-6-4-7-11-15)21-22(19(16)23)17-13-8-9-14-20-17/h4,6-11,13-14,21H,2-3,5,12H2,1H3. The number of hydrogen-bond donors (Lipinski definition) is 1. The number of nitrogens with zero attached hydrogens (tertiary/aromatic N) is 2. The molecule has 0 bridgehead atoms. The van der Waals surface area contributed by atoms with E-state index in [0.717, 1.165) is 42.5 Å². The summed E-state index contributed by atoms with van der Waals surface area (Å²) in [6, 6.07) is 15.6. The summed E-state index contributed by atoms with van der Waals surface area (Å²) in [6.45, 7) is 2.17. The van der Waals surface area contributed by atoms with E-state index < -0.39 is 0 Å². The Labute approximate surface area is 135 Å². The molecule has 4 nitrogen and oxygen atoms in total. The average molecular weight is 307 g/mol. The molecule has 1 aromatic carbocycles. The van der Waals surface area contributed by atoms with Gasteiger partial charge in [-0.1, -0.05) is 56.2 Å². The average Bonchev–Trinajstić information content (AvgIpc) is 2.94. The van der Waals surface area contributed by atoms with E-state index >= 15 is 0 Å². The number of nitrogens with one attached hydrogen (secondary N) is 1. The minimum Gasteiger partial charge on any atom is -0.289 e. The summed E-state index contributed by atoms with van der Waals surface area (Å²) in [7, 11) is 0. The van der Waals surface area contributed by atoms with Gasteiger partial charge in [-0.15, -0.1) is 0 Å². The molecule has 3 aromatic rings. The summed E-state index contributed by atoms with van der Waals surface area (Å²) in [4.78, 5) is 17.1. The third-order valence-electron chi connectivity index (χ3n) is 3.96. The third-order valence-corrected chi connectivity index (χ3v) is 3.96. The molecule has 2 aromatic heterocycles. The normalized spacial score (nSPS) is 10.8. The molecular formula is C19H21N3O. The smallest absolute Gasteiger partial charge is 0.276 e. The molecule has 2 heterocycles. The molecule has 118 valence electrons. The molecule has 0 amide bonds. The lowest BCUT2D eigenvalue weighted by molar-refractivity contribution is 0.714. The van der Waals surface area contributed by atoms with Crippen molar-refractivity contribution in [3.63, 3.8) is 0 Å². The van der Waals surface area contributed by atoms with E-state index in [1.54, 1.807) is 10.9 Å². The van der Waals surface area contributed by atoms with Gasteiger partial charge in [-0.2, -0.15) is 0 Å². The van der Waals surface area contributed by atoms with Crippen molar-refractivity contribution in [2.24, 2.45) is 0 Å². The Morgan fingerprint density at radius 1 is 1.04 bits per heavy atom. The minimum absolute atomic E-state index is 0.00124. The van der Waals surface area contributed by atoms with Gasteiger partial charge in [-0.05, 0) is 30.5 Å². The van der Waals surface area contributed by atoms with Crippen LogP contribution in [0.3, 0.4) is 0 Å². The van der Waals surface area contributed by atoms with Gasteiger partial charge in [0.25, 0.3) is 5.56 Å². The lowest BCUT2D eigenvalue weighted by Gasteiger charge is -2.02. The van der Waals surface area contributed by atoms with Gasteiger partial charge < -0.3 is 0 Å². The lowest BCUT2D eigenvalue weighted by atomic mass is 10.0. The molecular weight excluding hydrogens is 286 g/mol. The van der Waals surface area contributed by atoms with Gasteiger partial charge in [0.05, 0.1) is 5.69 Å². The number of unbranched alkanes of at least 4 members (excludes halogenated alkanes) is 2. The molecule has 1 N–H and O–H groups in total. The summed E-state index contributed by atoms with van der Waals surface area (Å²) in [5.74, 6) is 0.622. The molecule has 0 aliphatic rings. The van der Waals surface area contributed by atoms with Crippen LogP contribution < -0.4 is 5.56 Å². The first kappa shape index (κ1) is 15.3. The van der Waals surface area contributed by atoms with Gasteiger partial charge in [0.1, 0.15) is 0 Å². The third kappa shape index (κ3) is 3.26. The van der Waals surface area contributed by atoms with E-state index in [4.69, 9.17) is 0 Å². The summed E-state index contributed by atoms with van der Waals surface area (Å²) in [5.41, 5.74) is 2.78. The van der Waals surface area contributed by atoms with Gasteiger partial charge in [-0.25, -0.2) is 9.67 Å². The Balaban J connectivity index is 2.08. The molecule has 0 radical (unpaired) electrons. The number of hydrogen-bond acceptors (Lipinski definition) is 2. The van der Waals surface area contributed by atoms with Crippen LogP contribution >= 0.6 is 0 Å². The van der Waals surface area contributed by atoms with E-state index in [-0.39, 0.29) is 5.56 Å². The highest BCUT2D eigenvalue weighted by atomic mass is 16.1. The SMILES string of the molecule is CCCCCc1c(-c2ccccc2)[nH]n(-c2ccccn2)c1=O. The lowest BCUT2D eigenvalue weighted by Crippen LogP contribution is -2.18. The van der Waals surface area contributed by atoms with E-state index in [9.17, 15) is 4.79 Å². The van der Waals surface area contributed by atoms with E-state index in [0.29, 0.717) is 5.82 Å². The monoisotopic (exact) mass is 307 g/mol. The number of rotatable bonds is 6. The second kappa shape index (κ2) is 7.09. The van der Waals surface area contributed by atoms with Crippen LogP contribution in [0.25, 0.3) is 17.1 Å². The van der Waals surface area contributed by atoms with Crippen molar-refractivity contribution in [1.82, 2.24) is 14.8 Å². The molecule has 0 atom stereocenters. The fraction of sp³-hybridized carbons (Fsp3) is 0.263. The predicted octanol–water partition coefficient (Wildman–Crippen LogP) is 3.96. The molecule has 3 rings (SSSR count). The Bertz CT molecular complexity index is 804. The van der Waals surface area contributed by atoms with E-state index in [1.165, 1.54) is 0 Å². The van der Waals surface area contributed by atoms with Gasteiger partial charge >= 0.3 is 0 Å². The molecule has 0 spiro atoms. The topological polar surface area (TPSA) is 50.7 Å². The van der Waals surface area contributed by atoms with Crippen molar-refractivity contribution in [3.05, 3.63) is 70.6 Å². The molecule has 23 heavy (non-hydrogen) atoms. The van der Waals surface area contributed by atoms with Crippen LogP contribution in [0.5, 0.6) is 0 Å². The van der Waals surface area contributed by atoms with Crippen molar-refractivity contribution in [1.29, 1.82) is 0 Å². The zero-order valence-electron chi connectivity index (χ0n) is 13.3. The van der Waals surface area contributed by atoms with Crippen LogP contribution in [-0.2, 0) is 6.42 Å². The fourth-order valence-electron chi connectivity index (χ4n) is 2.75. The van der Waals surface area contributed by atoms with Gasteiger partial charge in [-0.3, -0.25) is 9.89 Å². The first-order valence-electron chi connectivity index (χ1n) is 8.12. The van der Waals surface area contributed by atoms with Crippen molar-refractivity contribution >= 4 is 0 Å². The zero-order valence-corrected chi connectivity index (χ0v) is 13.3. The number of pyridine rings is 1. The first-order chi connectivity index (χ1) is 11.3. The van der Waals surface area contributed by atoms with Gasteiger partial charge in [0.15, 0.2) is 5.82 Å². The second-order valence-electron chi connectivity index (χ2n) is 5.62. The molecule has 0 saturated carbocycles. The van der Waals surface area contributed by atoms with Gasteiger partial charge in [0, 0.05) is 11.8 Å². The summed E-state index contributed by atoms with van der Waals surface area (Å²) in [5, 5.41) is 3.25. The molecule has 4 heteroatoms. The maximum absolute atomic E-state index is 12.8. The van der Waals surface area contributed by atoms with Crippen molar-refractivity contribution in [3.8, 4) is 17.1 Å². The Hall–Kier alpha value is -2.62. The highest BCUT2D eigenvalue weighted by Gasteiger charge is 2.16. The maximum Gasteiger partial charge on any atom is 0.276 e. The zero-order chi connectivity index (χ0) is 16.1. The van der Waals surface area contributed by atoms with Crippen LogP contribution in [0.4, 0.5) is 0 Å². The van der Waals surface area contributed by atoms with Crippen molar-refractivity contribution in [2.75, 3.05) is 0 Å². The van der Waals surface area contributed by atoms with Crippen LogP contribution in [0.2, 0.25) is 0 Å². The number of aromatic amines is 1. The maximum atomic E-state index is 12.8. The van der Waals surface area contributed by atoms with Crippen LogP contribution in [0.15, 0.2) is 59.5 Å². The van der Waals surface area contributed by atoms with Crippen molar-refractivity contribution in [2.45, 2.75) is 32.6 Å². The van der Waals surface area contributed by atoms with Gasteiger partial charge in [0.2, 0.25) is 0 Å². The predicted molar refractivity (Wildman–Crippen MR) is 92.8 cm³/mol. The van der Waals surface area contributed by atoms with Crippen LogP contribution in [0.1, 0.15) is 31.7 Å². The second-order valence-corrected chi connectivity index (χ2v) is 5.62. The summed E-state index contributed by atoms with van der Waals surface area (Å²) in [6.07, 6.45) is 5.77. The molecule has 0 aliphatic heterocycles. The Kier molecular flexibility index (Phi) is 4.71. The first-order valence-corrected chi connectivity index (χ1v) is 8.12. The fourth-order valence-corrected chi connectivity index (χ4v) is 2.75. The largest absolute Gasteiger partial charge is 0.289 e. The van der Waals surface area contributed by atoms with Crippen LogP contribution in [-0.4, -0.2) is 14.8 Å². The van der Waals surface area contributed by atoms with E-state index in [2.05, 4.69) is 17.0 Å². The number of aromatic nitrogens is 3. The number of benzene rings is 1. The Morgan fingerprint density at radius 3 is 2.52 bits per heavy atom. The molecule has 0 unspecified atom stereocenters. The van der Waals surface area contributed by atoms with Crippen molar-refractivity contribution < 1.29 is 0 Å². The minimum atomic E-state index is -0.00124. The van der Waals surface area contributed by atoms with Crippen LogP contribution in [0, 0.1) is 0 Å². The highest BCUT2D eigenvalue weighted by molar-refractivity contribution is 5.63. The summed E-state index contributed by atoms with van der Waals surface area (Å²) < 4.78 is 1.55.